The molecule has 0 unspecified atom stereocenters. The number of rotatable bonds is 13. The van der Waals surface area contributed by atoms with E-state index in [2.05, 4.69) is 10.6 Å². The van der Waals surface area contributed by atoms with Crippen LogP contribution in [-0.2, 0) is 39.9 Å². The lowest BCUT2D eigenvalue weighted by Gasteiger charge is -2.28. The second kappa shape index (κ2) is 15.3. The van der Waals surface area contributed by atoms with Gasteiger partial charge in [-0.1, -0.05) is 17.7 Å². The van der Waals surface area contributed by atoms with E-state index >= 15 is 0 Å². The Morgan fingerprint density at radius 2 is 1.36 bits per heavy atom. The minimum Gasteiger partial charge on any atom is -0.496 e. The molecule has 45 heavy (non-hydrogen) atoms. The van der Waals surface area contributed by atoms with Gasteiger partial charge in [-0.05, 0) is 60.6 Å². The van der Waals surface area contributed by atoms with Crippen LogP contribution >= 0.6 is 0 Å². The molecule has 0 aliphatic carbocycles. The molecular formula is C31H44N2O11S. The van der Waals surface area contributed by atoms with Gasteiger partial charge in [0.2, 0.25) is 0 Å². The van der Waals surface area contributed by atoms with Gasteiger partial charge in [0.05, 0.1) is 38.3 Å². The molecule has 0 aromatic heterocycles. The number of methoxy groups -OCH3 is 3. The number of hydrogen-bond donors (Lipinski definition) is 2. The zero-order valence-corrected chi connectivity index (χ0v) is 28.2. The first-order valence-corrected chi connectivity index (χ1v) is 15.5. The molecule has 0 radical (unpaired) electrons. The summed E-state index contributed by atoms with van der Waals surface area (Å²) in [6, 6.07) is 7.44. The van der Waals surface area contributed by atoms with Crippen LogP contribution in [-0.4, -0.2) is 71.1 Å². The van der Waals surface area contributed by atoms with Gasteiger partial charge in [-0.2, -0.15) is 8.42 Å². The van der Waals surface area contributed by atoms with E-state index in [9.17, 15) is 22.8 Å². The minimum absolute atomic E-state index is 0.184. The Morgan fingerprint density at radius 1 is 0.822 bits per heavy atom. The summed E-state index contributed by atoms with van der Waals surface area (Å²) in [5, 5.41) is 5.02. The number of alkyl carbamates (subject to hydrolysis) is 1. The maximum Gasteiger partial charge on any atom is 0.408 e. The Balaban J connectivity index is 2.50. The largest absolute Gasteiger partial charge is 0.496 e. The molecule has 2 aromatic rings. The van der Waals surface area contributed by atoms with Gasteiger partial charge >= 0.3 is 12.1 Å². The lowest BCUT2D eigenvalue weighted by molar-refractivity contribution is -0.158. The summed E-state index contributed by atoms with van der Waals surface area (Å²) in [7, 11) is -0.207. The number of benzene rings is 2. The Bertz CT molecular complexity index is 1420. The molecule has 0 fully saturated rings. The van der Waals surface area contributed by atoms with Gasteiger partial charge in [0, 0.05) is 18.6 Å². The van der Waals surface area contributed by atoms with Crippen LogP contribution in [0.3, 0.4) is 0 Å². The van der Waals surface area contributed by atoms with Crippen LogP contribution in [0.25, 0.3) is 0 Å². The SMILES string of the molecule is COc1cc(OC)c(CNC(=O)[C@@H](C[C@H](NC(=O)OC(C)(C)C)C(=O)OC(C)(C)C)OS(=O)(=O)c2ccc(C)cc2)c(OC)c1. The van der Waals surface area contributed by atoms with Crippen molar-refractivity contribution in [1.82, 2.24) is 10.6 Å². The van der Waals surface area contributed by atoms with Gasteiger partial charge in [0.25, 0.3) is 16.0 Å². The highest BCUT2D eigenvalue weighted by atomic mass is 32.2. The van der Waals surface area contributed by atoms with Gasteiger partial charge in [0.1, 0.15) is 34.5 Å². The number of amides is 2. The van der Waals surface area contributed by atoms with Crippen molar-refractivity contribution < 1.29 is 50.7 Å². The number of aryl methyl sites for hydroxylation is 1. The predicted molar refractivity (Wildman–Crippen MR) is 165 cm³/mol. The predicted octanol–water partition coefficient (Wildman–Crippen LogP) is 4.04. The number of nitrogens with one attached hydrogen (secondary N) is 2. The molecule has 0 saturated heterocycles. The third-order valence-corrected chi connectivity index (χ3v) is 7.27. The van der Waals surface area contributed by atoms with E-state index < -0.39 is 57.9 Å². The van der Waals surface area contributed by atoms with Crippen LogP contribution in [0.4, 0.5) is 4.79 Å². The van der Waals surface area contributed by atoms with Crippen LogP contribution in [0.2, 0.25) is 0 Å². The van der Waals surface area contributed by atoms with Crippen LogP contribution in [0.5, 0.6) is 17.2 Å². The Labute approximate surface area is 265 Å². The molecule has 14 heteroatoms. The molecule has 2 atom stereocenters. The Hall–Kier alpha value is -4.04. The fraction of sp³-hybridized carbons (Fsp3) is 0.516. The molecule has 2 rings (SSSR count). The van der Waals surface area contributed by atoms with Crippen molar-refractivity contribution in [2.75, 3.05) is 21.3 Å². The zero-order valence-electron chi connectivity index (χ0n) is 27.4. The van der Waals surface area contributed by atoms with Gasteiger partial charge in [-0.15, -0.1) is 0 Å². The first kappa shape index (κ1) is 37.1. The van der Waals surface area contributed by atoms with Crippen molar-refractivity contribution in [2.45, 2.75) is 89.7 Å². The fourth-order valence-corrected chi connectivity index (χ4v) is 4.95. The van der Waals surface area contributed by atoms with E-state index in [0.29, 0.717) is 22.8 Å². The summed E-state index contributed by atoms with van der Waals surface area (Å²) >= 11 is 0. The number of hydrogen-bond acceptors (Lipinski definition) is 11. The van der Waals surface area contributed by atoms with E-state index in [1.807, 2.05) is 0 Å². The monoisotopic (exact) mass is 652 g/mol. The summed E-state index contributed by atoms with van der Waals surface area (Å²) in [4.78, 5) is 39.4. The van der Waals surface area contributed by atoms with Crippen LogP contribution in [0.1, 0.15) is 59.1 Å². The number of carbonyl (C=O) groups excluding carboxylic acids is 3. The molecule has 0 aliphatic rings. The summed E-state index contributed by atoms with van der Waals surface area (Å²) in [5.41, 5.74) is -0.665. The first-order chi connectivity index (χ1) is 20.8. The van der Waals surface area contributed by atoms with Crippen LogP contribution in [0, 0.1) is 6.92 Å². The molecule has 2 N–H and O–H groups in total. The van der Waals surface area contributed by atoms with E-state index in [-0.39, 0.29) is 11.4 Å². The molecule has 0 saturated carbocycles. The van der Waals surface area contributed by atoms with E-state index in [0.717, 1.165) is 5.56 Å². The molecule has 250 valence electrons. The summed E-state index contributed by atoms with van der Waals surface area (Å²) in [5.74, 6) is -0.743. The zero-order chi connectivity index (χ0) is 34.2. The number of ether oxygens (including phenoxy) is 5. The quantitative estimate of drug-likeness (QED) is 0.237. The van der Waals surface area contributed by atoms with E-state index in [1.54, 1.807) is 72.7 Å². The van der Waals surface area contributed by atoms with Crippen molar-refractivity contribution in [3.63, 3.8) is 0 Å². The second-order valence-electron chi connectivity index (χ2n) is 12.0. The van der Waals surface area contributed by atoms with Crippen molar-refractivity contribution >= 4 is 28.1 Å². The van der Waals surface area contributed by atoms with Crippen molar-refractivity contribution in [3.8, 4) is 17.2 Å². The van der Waals surface area contributed by atoms with Crippen molar-refractivity contribution in [1.29, 1.82) is 0 Å². The van der Waals surface area contributed by atoms with E-state index in [1.165, 1.54) is 33.5 Å². The molecule has 0 aliphatic heterocycles. The molecule has 0 bridgehead atoms. The number of carbonyl (C=O) groups is 3. The molecule has 2 amide bonds. The van der Waals surface area contributed by atoms with Gasteiger partial charge in [-0.3, -0.25) is 8.98 Å². The third-order valence-electron chi connectivity index (χ3n) is 5.93. The molecule has 13 nitrogen and oxygen atoms in total. The smallest absolute Gasteiger partial charge is 0.408 e. The normalized spacial score (nSPS) is 13.2. The Morgan fingerprint density at radius 3 is 1.82 bits per heavy atom. The number of esters is 1. The first-order valence-electron chi connectivity index (χ1n) is 14.1. The highest BCUT2D eigenvalue weighted by Gasteiger charge is 2.36. The van der Waals surface area contributed by atoms with Crippen molar-refractivity contribution in [3.05, 3.63) is 47.5 Å². The van der Waals surface area contributed by atoms with Crippen LogP contribution < -0.4 is 24.8 Å². The summed E-state index contributed by atoms with van der Waals surface area (Å²) in [6.45, 7) is 11.3. The van der Waals surface area contributed by atoms with Gasteiger partial charge in [-0.25, -0.2) is 9.59 Å². The third kappa shape index (κ3) is 11.8. The van der Waals surface area contributed by atoms with Gasteiger partial charge < -0.3 is 34.3 Å². The maximum atomic E-state index is 13.7. The van der Waals surface area contributed by atoms with Crippen molar-refractivity contribution in [2.24, 2.45) is 0 Å². The second-order valence-corrected chi connectivity index (χ2v) is 13.6. The average molecular weight is 653 g/mol. The molecule has 0 spiro atoms. The fourth-order valence-electron chi connectivity index (χ4n) is 3.90. The molecular weight excluding hydrogens is 608 g/mol. The van der Waals surface area contributed by atoms with Crippen LogP contribution in [0.15, 0.2) is 41.3 Å². The molecule has 0 heterocycles. The lowest BCUT2D eigenvalue weighted by atomic mass is 10.1. The van der Waals surface area contributed by atoms with E-state index in [4.69, 9.17) is 27.9 Å². The topological polar surface area (TPSA) is 165 Å². The average Bonchev–Trinajstić information content (AvgIpc) is 2.92. The highest BCUT2D eigenvalue weighted by Crippen LogP contribution is 2.34. The van der Waals surface area contributed by atoms with Gasteiger partial charge in [0.15, 0.2) is 6.10 Å². The lowest BCUT2D eigenvalue weighted by Crippen LogP contribution is -2.50. The summed E-state index contributed by atoms with van der Waals surface area (Å²) < 4.78 is 58.9. The molecule has 2 aromatic carbocycles. The summed E-state index contributed by atoms with van der Waals surface area (Å²) in [6.07, 6.45) is -3.41. The Kier molecular flexibility index (Phi) is 12.6. The minimum atomic E-state index is -4.53. The maximum absolute atomic E-state index is 13.7. The highest BCUT2D eigenvalue weighted by molar-refractivity contribution is 7.86. The standard InChI is InChI=1S/C31H44N2O11S/c1-19-11-13-21(14-12-19)45(37,38)44-26(17-23(28(35)42-30(2,3)4)33-29(36)43-31(5,6)7)27(34)32-18-22-24(40-9)15-20(39-8)16-25(22)41-10/h11-16,23,26H,17-18H2,1-10H3,(H,32,34)(H,33,36)/t23-,26+/m0/s1.